The van der Waals surface area contributed by atoms with Crippen molar-refractivity contribution in [1.29, 1.82) is 0 Å². The summed E-state index contributed by atoms with van der Waals surface area (Å²) in [5, 5.41) is 5.90. The summed E-state index contributed by atoms with van der Waals surface area (Å²) in [4.78, 5) is 12.8. The van der Waals surface area contributed by atoms with Crippen LogP contribution >= 0.6 is 43.2 Å². The normalized spacial score (nSPS) is 26.9. The molecule has 0 unspecified atom stereocenters. The highest BCUT2D eigenvalue weighted by Gasteiger charge is 2.66. The van der Waals surface area contributed by atoms with Crippen molar-refractivity contribution in [2.24, 2.45) is 10.5 Å². The Kier molecular flexibility index (Phi) is 3.25. The van der Waals surface area contributed by atoms with E-state index in [2.05, 4.69) is 42.4 Å². The first-order valence-electron chi connectivity index (χ1n) is 4.70. The lowest BCUT2D eigenvalue weighted by molar-refractivity contribution is -0.125. The van der Waals surface area contributed by atoms with E-state index in [-0.39, 0.29) is 9.14 Å². The van der Waals surface area contributed by atoms with Crippen LogP contribution in [0.2, 0.25) is 0 Å². The number of carbonyl (C=O) groups excluding carboxylic acids is 1. The molecule has 0 bridgehead atoms. The predicted octanol–water partition coefficient (Wildman–Crippen LogP) is 3.09. The third-order valence-electron chi connectivity index (χ3n) is 2.66. The monoisotopic (exact) mass is 364 g/mol. The molecule has 0 spiro atoms. The smallest absolute Gasteiger partial charge is 0.248 e. The number of hydrogen-bond acceptors (Lipinski definition) is 3. The maximum absolute atomic E-state index is 11.8. The highest BCUT2D eigenvalue weighted by molar-refractivity contribution is 9.25. The summed E-state index contributed by atoms with van der Waals surface area (Å²) in [7, 11) is 0. The Hall–Kier alpha value is -0.200. The molecule has 6 heteroatoms. The van der Waals surface area contributed by atoms with Gasteiger partial charge in [0.05, 0.1) is 14.9 Å². The topological polar surface area (TPSA) is 41.5 Å². The van der Waals surface area contributed by atoms with Crippen LogP contribution in [0.3, 0.4) is 0 Å². The summed E-state index contributed by atoms with van der Waals surface area (Å²) in [5.74, 6) is -0.0749. The van der Waals surface area contributed by atoms with Gasteiger partial charge in [0.25, 0.3) is 0 Å². The van der Waals surface area contributed by atoms with Gasteiger partial charge in [0.1, 0.15) is 0 Å². The third-order valence-corrected chi connectivity index (χ3v) is 5.78. The minimum absolute atomic E-state index is 0.0749. The van der Waals surface area contributed by atoms with E-state index >= 15 is 0 Å². The van der Waals surface area contributed by atoms with Gasteiger partial charge in [-0.05, 0) is 24.8 Å². The Balaban J connectivity index is 1.90. The highest BCUT2D eigenvalue weighted by Crippen LogP contribution is 2.66. The fraction of sp³-hybridized carbons (Fsp3) is 0.400. The van der Waals surface area contributed by atoms with E-state index < -0.39 is 5.41 Å². The molecule has 0 saturated heterocycles. The number of alkyl halides is 2. The molecule has 1 amide bonds. The molecule has 1 N–H and O–H groups in total. The number of nitrogens with zero attached hydrogens (tertiary/aromatic N) is 1. The molecule has 1 aliphatic carbocycles. The lowest BCUT2D eigenvalue weighted by Gasteiger charge is -2.09. The second kappa shape index (κ2) is 4.23. The Bertz CT molecular complexity index is 430. The first-order valence-corrected chi connectivity index (χ1v) is 7.17. The van der Waals surface area contributed by atoms with Crippen LogP contribution in [0.1, 0.15) is 18.2 Å². The zero-order valence-corrected chi connectivity index (χ0v) is 12.5. The zero-order valence-electron chi connectivity index (χ0n) is 8.54. The second-order valence-electron chi connectivity index (χ2n) is 3.93. The first-order chi connectivity index (χ1) is 7.46. The Labute approximate surface area is 115 Å². The molecule has 86 valence electrons. The molecule has 0 aliphatic heterocycles. The number of nitrogens with one attached hydrogen (secondary N) is 1. The average Bonchev–Trinajstić information content (AvgIpc) is 2.64. The van der Waals surface area contributed by atoms with Crippen LogP contribution in [0, 0.1) is 5.41 Å². The summed E-state index contributed by atoms with van der Waals surface area (Å²) in [6, 6.07) is 3.89. The number of thiophene rings is 1. The number of amides is 1. The minimum atomic E-state index is -0.417. The molecule has 0 radical (unpaired) electrons. The predicted molar refractivity (Wildman–Crippen MR) is 73.4 cm³/mol. The van der Waals surface area contributed by atoms with Crippen LogP contribution < -0.4 is 5.43 Å². The van der Waals surface area contributed by atoms with Crippen LogP contribution in [-0.4, -0.2) is 15.4 Å². The van der Waals surface area contributed by atoms with Crippen molar-refractivity contribution in [3.05, 3.63) is 22.4 Å². The quantitative estimate of drug-likeness (QED) is 0.499. The van der Waals surface area contributed by atoms with Gasteiger partial charge in [0.15, 0.2) is 0 Å². The van der Waals surface area contributed by atoms with Crippen molar-refractivity contribution in [3.63, 3.8) is 0 Å². The van der Waals surface area contributed by atoms with Gasteiger partial charge < -0.3 is 0 Å². The van der Waals surface area contributed by atoms with E-state index in [4.69, 9.17) is 0 Å². The Morgan fingerprint density at radius 2 is 2.38 bits per heavy atom. The SMILES string of the molecule is C[C@@]1(C(=O)NN=Cc2cccs2)CC1(Br)Br. The van der Waals surface area contributed by atoms with Crippen molar-refractivity contribution in [1.82, 2.24) is 5.43 Å². The number of hydrogen-bond donors (Lipinski definition) is 1. The highest BCUT2D eigenvalue weighted by atomic mass is 79.9. The van der Waals surface area contributed by atoms with E-state index in [0.29, 0.717) is 0 Å². The summed E-state index contributed by atoms with van der Waals surface area (Å²) >= 11 is 8.47. The van der Waals surface area contributed by atoms with Gasteiger partial charge in [-0.1, -0.05) is 37.9 Å². The van der Waals surface area contributed by atoms with E-state index in [1.807, 2.05) is 24.4 Å². The molecule has 1 saturated carbocycles. The fourth-order valence-electron chi connectivity index (χ4n) is 1.29. The van der Waals surface area contributed by atoms with Crippen LogP contribution in [-0.2, 0) is 4.79 Å². The molecule has 1 heterocycles. The molecule has 1 aromatic heterocycles. The Morgan fingerprint density at radius 1 is 1.69 bits per heavy atom. The van der Waals surface area contributed by atoms with Crippen molar-refractivity contribution < 1.29 is 4.79 Å². The molecule has 16 heavy (non-hydrogen) atoms. The first kappa shape index (κ1) is 12.3. The Morgan fingerprint density at radius 3 is 2.88 bits per heavy atom. The van der Waals surface area contributed by atoms with Gasteiger partial charge >= 0.3 is 0 Å². The van der Waals surface area contributed by atoms with Crippen molar-refractivity contribution in [2.45, 2.75) is 16.6 Å². The molecule has 3 nitrogen and oxygen atoms in total. The summed E-state index contributed by atoms with van der Waals surface area (Å²) in [6.45, 7) is 1.90. The molecule has 2 rings (SSSR count). The van der Waals surface area contributed by atoms with Crippen LogP contribution in [0.4, 0.5) is 0 Å². The van der Waals surface area contributed by atoms with Gasteiger partial charge in [-0.2, -0.15) is 5.10 Å². The van der Waals surface area contributed by atoms with Crippen molar-refractivity contribution in [3.8, 4) is 0 Å². The summed E-state index contributed by atoms with van der Waals surface area (Å²) in [6.07, 6.45) is 2.42. The number of carbonyl (C=O) groups is 1. The largest absolute Gasteiger partial charge is 0.272 e. The van der Waals surface area contributed by atoms with Gasteiger partial charge in [0.2, 0.25) is 5.91 Å². The molecular weight excluding hydrogens is 356 g/mol. The van der Waals surface area contributed by atoms with Crippen LogP contribution in [0.5, 0.6) is 0 Å². The van der Waals surface area contributed by atoms with Gasteiger partial charge in [-0.15, -0.1) is 11.3 Å². The molecule has 1 fully saturated rings. The summed E-state index contributed by atoms with van der Waals surface area (Å²) < 4.78 is -0.268. The fourth-order valence-corrected chi connectivity index (χ4v) is 3.36. The van der Waals surface area contributed by atoms with Crippen LogP contribution in [0.15, 0.2) is 22.6 Å². The standard InChI is InChI=1S/C10H10Br2N2OS/c1-9(6-10(9,11)12)8(15)14-13-5-7-3-2-4-16-7/h2-5H,6H2,1H3,(H,14,15)/t9-/m0/s1. The van der Waals surface area contributed by atoms with E-state index in [9.17, 15) is 4.79 Å². The number of halogens is 2. The maximum Gasteiger partial charge on any atom is 0.248 e. The van der Waals surface area contributed by atoms with Gasteiger partial charge in [-0.25, -0.2) is 5.43 Å². The number of rotatable bonds is 3. The van der Waals surface area contributed by atoms with E-state index in [1.165, 1.54) is 0 Å². The van der Waals surface area contributed by atoms with E-state index in [0.717, 1.165) is 11.3 Å². The van der Waals surface area contributed by atoms with Crippen molar-refractivity contribution >= 4 is 55.3 Å². The summed E-state index contributed by atoms with van der Waals surface area (Å²) in [5.41, 5.74) is 2.14. The lowest BCUT2D eigenvalue weighted by atomic mass is 10.1. The van der Waals surface area contributed by atoms with Gasteiger partial charge in [0, 0.05) is 4.88 Å². The van der Waals surface area contributed by atoms with E-state index in [1.54, 1.807) is 17.6 Å². The maximum atomic E-state index is 11.8. The minimum Gasteiger partial charge on any atom is -0.272 e. The van der Waals surface area contributed by atoms with Crippen molar-refractivity contribution in [2.75, 3.05) is 0 Å². The number of hydrazone groups is 1. The zero-order chi connectivity index (χ0) is 11.8. The van der Waals surface area contributed by atoms with Gasteiger partial charge in [-0.3, -0.25) is 4.79 Å². The molecule has 1 atom stereocenters. The molecule has 1 aliphatic rings. The third kappa shape index (κ3) is 2.24. The average molecular weight is 366 g/mol. The molecule has 1 aromatic rings. The molecule has 0 aromatic carbocycles. The lowest BCUT2D eigenvalue weighted by Crippen LogP contribution is -2.29. The molecular formula is C10H10Br2N2OS. The second-order valence-corrected chi connectivity index (χ2v) is 8.68. The van der Waals surface area contributed by atoms with Crippen LogP contribution in [0.25, 0.3) is 0 Å².